The molecule has 0 amide bonds. The van der Waals surface area contributed by atoms with Crippen molar-refractivity contribution in [1.29, 1.82) is 0 Å². The van der Waals surface area contributed by atoms with Gasteiger partial charge in [0.25, 0.3) is 0 Å². The fraction of sp³-hybridized carbons (Fsp3) is 0.200. The highest BCUT2D eigenvalue weighted by molar-refractivity contribution is 9.10. The van der Waals surface area contributed by atoms with E-state index in [2.05, 4.69) is 36.0 Å². The molecule has 0 aliphatic heterocycles. The SMILES string of the molecule is Cc1cc(N)ccc1-n1nc(Br)c2ncnc(N=CN(C)C)c21. The van der Waals surface area contributed by atoms with Gasteiger partial charge in [-0.1, -0.05) is 0 Å². The van der Waals surface area contributed by atoms with Gasteiger partial charge in [0.15, 0.2) is 10.4 Å². The van der Waals surface area contributed by atoms with Crippen LogP contribution in [0.5, 0.6) is 0 Å². The third-order valence-electron chi connectivity index (χ3n) is 3.26. The van der Waals surface area contributed by atoms with Gasteiger partial charge >= 0.3 is 0 Å². The normalized spacial score (nSPS) is 11.5. The van der Waals surface area contributed by atoms with E-state index in [0.29, 0.717) is 21.6 Å². The third kappa shape index (κ3) is 2.89. The number of nitrogens with zero attached hydrogens (tertiary/aromatic N) is 6. The molecule has 3 rings (SSSR count). The smallest absolute Gasteiger partial charge is 0.183 e. The number of fused-ring (bicyclic) bond motifs is 1. The summed E-state index contributed by atoms with van der Waals surface area (Å²) < 4.78 is 2.43. The van der Waals surface area contributed by atoms with Crippen LogP contribution in [0.4, 0.5) is 11.5 Å². The van der Waals surface area contributed by atoms with Gasteiger partial charge in [0, 0.05) is 19.8 Å². The molecule has 0 spiro atoms. The van der Waals surface area contributed by atoms with Crippen LogP contribution in [0.3, 0.4) is 0 Å². The summed E-state index contributed by atoms with van der Waals surface area (Å²) in [5.41, 5.74) is 9.92. The maximum atomic E-state index is 5.84. The van der Waals surface area contributed by atoms with Crippen molar-refractivity contribution in [3.8, 4) is 5.69 Å². The second-order valence-electron chi connectivity index (χ2n) is 5.35. The van der Waals surface area contributed by atoms with Crippen LogP contribution in [-0.2, 0) is 0 Å². The van der Waals surface area contributed by atoms with Crippen molar-refractivity contribution in [2.45, 2.75) is 6.92 Å². The lowest BCUT2D eigenvalue weighted by Crippen LogP contribution is -2.07. The van der Waals surface area contributed by atoms with Crippen molar-refractivity contribution in [2.24, 2.45) is 4.99 Å². The molecule has 23 heavy (non-hydrogen) atoms. The van der Waals surface area contributed by atoms with Crippen molar-refractivity contribution in [3.63, 3.8) is 0 Å². The van der Waals surface area contributed by atoms with Crippen LogP contribution in [-0.4, -0.2) is 45.1 Å². The molecule has 7 nitrogen and oxygen atoms in total. The Morgan fingerprint density at radius 1 is 1.30 bits per heavy atom. The molecule has 2 aromatic heterocycles. The zero-order valence-corrected chi connectivity index (χ0v) is 14.6. The van der Waals surface area contributed by atoms with Crippen molar-refractivity contribution < 1.29 is 0 Å². The maximum Gasteiger partial charge on any atom is 0.183 e. The second kappa shape index (κ2) is 5.96. The lowest BCUT2D eigenvalue weighted by atomic mass is 10.2. The molecule has 118 valence electrons. The number of benzene rings is 1. The van der Waals surface area contributed by atoms with Crippen LogP contribution in [0.1, 0.15) is 5.56 Å². The highest BCUT2D eigenvalue weighted by atomic mass is 79.9. The number of aliphatic imine (C=N–C) groups is 1. The molecule has 8 heteroatoms. The Balaban J connectivity index is 2.29. The highest BCUT2D eigenvalue weighted by Gasteiger charge is 2.17. The highest BCUT2D eigenvalue weighted by Crippen LogP contribution is 2.31. The summed E-state index contributed by atoms with van der Waals surface area (Å²) >= 11 is 3.46. The predicted octanol–water partition coefficient (Wildman–Crippen LogP) is 2.69. The maximum absolute atomic E-state index is 5.84. The van der Waals surface area contributed by atoms with E-state index in [9.17, 15) is 0 Å². The fourth-order valence-electron chi connectivity index (χ4n) is 2.26. The molecule has 0 aliphatic rings. The molecular weight excluding hydrogens is 358 g/mol. The zero-order valence-electron chi connectivity index (χ0n) is 13.0. The number of aryl methyl sites for hydroxylation is 1. The molecule has 0 bridgehead atoms. The molecule has 0 radical (unpaired) electrons. The summed E-state index contributed by atoms with van der Waals surface area (Å²) in [7, 11) is 3.80. The quantitative estimate of drug-likeness (QED) is 0.433. The minimum atomic E-state index is 0.554. The topological polar surface area (TPSA) is 85.2 Å². The van der Waals surface area contributed by atoms with Gasteiger partial charge in [-0.05, 0) is 46.6 Å². The molecule has 0 saturated heterocycles. The van der Waals surface area contributed by atoms with Gasteiger partial charge in [0.1, 0.15) is 17.4 Å². The van der Waals surface area contributed by atoms with E-state index in [4.69, 9.17) is 5.73 Å². The Bertz CT molecular complexity index is 898. The van der Waals surface area contributed by atoms with Crippen LogP contribution in [0.2, 0.25) is 0 Å². The molecule has 1 aromatic carbocycles. The lowest BCUT2D eigenvalue weighted by molar-refractivity contribution is 0.643. The van der Waals surface area contributed by atoms with Gasteiger partial charge in [-0.25, -0.2) is 19.6 Å². The van der Waals surface area contributed by atoms with E-state index < -0.39 is 0 Å². The van der Waals surface area contributed by atoms with Gasteiger partial charge in [-0.2, -0.15) is 5.10 Å². The van der Waals surface area contributed by atoms with Gasteiger partial charge in [0.2, 0.25) is 0 Å². The van der Waals surface area contributed by atoms with Crippen LogP contribution < -0.4 is 5.73 Å². The summed E-state index contributed by atoms with van der Waals surface area (Å²) in [6.45, 7) is 1.99. The molecule has 3 aromatic rings. The van der Waals surface area contributed by atoms with Crippen molar-refractivity contribution >= 4 is 44.8 Å². The number of hydrogen-bond donors (Lipinski definition) is 1. The predicted molar refractivity (Wildman–Crippen MR) is 95.3 cm³/mol. The first kappa shape index (κ1) is 15.4. The minimum Gasteiger partial charge on any atom is -0.399 e. The number of aromatic nitrogens is 4. The number of rotatable bonds is 3. The molecular formula is C15H16BrN7. The number of hydrogen-bond acceptors (Lipinski definition) is 5. The summed E-state index contributed by atoms with van der Waals surface area (Å²) in [6, 6.07) is 5.68. The number of nitrogen functional groups attached to an aromatic ring is 1. The Labute approximate surface area is 142 Å². The van der Waals surface area contributed by atoms with E-state index in [1.807, 2.05) is 44.1 Å². The summed E-state index contributed by atoms with van der Waals surface area (Å²) in [5.74, 6) is 0.554. The number of anilines is 1. The van der Waals surface area contributed by atoms with Crippen molar-refractivity contribution in [1.82, 2.24) is 24.6 Å². The average Bonchev–Trinajstić information content (AvgIpc) is 2.83. The molecule has 0 saturated carbocycles. The van der Waals surface area contributed by atoms with Crippen LogP contribution in [0.25, 0.3) is 16.7 Å². The monoisotopic (exact) mass is 373 g/mol. The van der Waals surface area contributed by atoms with Crippen LogP contribution >= 0.6 is 15.9 Å². The van der Waals surface area contributed by atoms with Crippen LogP contribution in [0, 0.1) is 6.92 Å². The van der Waals surface area contributed by atoms with Gasteiger partial charge in [-0.3, -0.25) is 0 Å². The zero-order chi connectivity index (χ0) is 16.6. The molecule has 2 N–H and O–H groups in total. The summed E-state index contributed by atoms with van der Waals surface area (Å²) in [5, 5.41) is 4.54. The van der Waals surface area contributed by atoms with E-state index in [-0.39, 0.29) is 0 Å². The Kier molecular flexibility index (Phi) is 3.99. The molecule has 0 aliphatic carbocycles. The van der Waals surface area contributed by atoms with Crippen molar-refractivity contribution in [2.75, 3.05) is 19.8 Å². The summed E-state index contributed by atoms with van der Waals surface area (Å²) in [4.78, 5) is 14.9. The van der Waals surface area contributed by atoms with E-state index in [1.165, 1.54) is 6.33 Å². The van der Waals surface area contributed by atoms with Crippen molar-refractivity contribution in [3.05, 3.63) is 34.7 Å². The Morgan fingerprint density at radius 3 is 2.78 bits per heavy atom. The first-order valence-corrected chi connectivity index (χ1v) is 7.73. The molecule has 2 heterocycles. The molecule has 0 unspecified atom stereocenters. The standard InChI is InChI=1S/C15H16BrN7/c1-9-6-10(17)4-5-11(9)23-13-12(14(16)21-23)18-7-19-15(13)20-8-22(2)3/h4-8H,17H2,1-3H3. The largest absolute Gasteiger partial charge is 0.399 e. The summed E-state index contributed by atoms with van der Waals surface area (Å²) in [6.07, 6.45) is 3.18. The van der Waals surface area contributed by atoms with Gasteiger partial charge < -0.3 is 10.6 Å². The Morgan fingerprint density at radius 2 is 2.09 bits per heavy atom. The number of halogens is 1. The fourth-order valence-corrected chi connectivity index (χ4v) is 2.70. The molecule has 0 atom stereocenters. The van der Waals surface area contributed by atoms with Crippen LogP contribution in [0.15, 0.2) is 34.1 Å². The van der Waals surface area contributed by atoms with Gasteiger partial charge in [0.05, 0.1) is 12.0 Å². The van der Waals surface area contributed by atoms with E-state index in [0.717, 1.165) is 16.8 Å². The van der Waals surface area contributed by atoms with E-state index >= 15 is 0 Å². The minimum absolute atomic E-state index is 0.554. The Hall–Kier alpha value is -2.48. The molecule has 0 fully saturated rings. The number of nitrogens with two attached hydrogens (primary N) is 1. The second-order valence-corrected chi connectivity index (χ2v) is 6.10. The van der Waals surface area contributed by atoms with E-state index in [1.54, 1.807) is 11.0 Å². The first-order valence-electron chi connectivity index (χ1n) is 6.93. The lowest BCUT2D eigenvalue weighted by Gasteiger charge is -2.09. The average molecular weight is 374 g/mol. The van der Waals surface area contributed by atoms with Gasteiger partial charge in [-0.15, -0.1) is 0 Å². The third-order valence-corrected chi connectivity index (χ3v) is 3.79. The first-order chi connectivity index (χ1) is 11.0.